The molecule has 0 spiro atoms. The number of hydrogen-bond donors (Lipinski definition) is 2. The van der Waals surface area contributed by atoms with Crippen molar-refractivity contribution >= 4 is 11.9 Å². The average Bonchev–Trinajstić information content (AvgIpc) is 2.72. The molecule has 0 radical (unpaired) electrons. The summed E-state index contributed by atoms with van der Waals surface area (Å²) >= 11 is 0. The van der Waals surface area contributed by atoms with Crippen molar-refractivity contribution in [3.8, 4) is 0 Å². The van der Waals surface area contributed by atoms with E-state index >= 15 is 0 Å². The second-order valence-corrected chi connectivity index (χ2v) is 2.91. The molecule has 1 aliphatic rings. The van der Waals surface area contributed by atoms with E-state index in [1.807, 2.05) is 12.1 Å². The summed E-state index contributed by atoms with van der Waals surface area (Å²) in [5.74, 6) is 0.751. The average molecular weight is 181 g/mol. The SMILES string of the molecule is NCC1CN(c2ccc[nH]2)C(=O)O1. The Morgan fingerprint density at radius 2 is 2.62 bits per heavy atom. The van der Waals surface area contributed by atoms with Gasteiger partial charge in [0.2, 0.25) is 0 Å². The summed E-state index contributed by atoms with van der Waals surface area (Å²) in [6.07, 6.45) is 1.24. The molecule has 0 saturated carbocycles. The van der Waals surface area contributed by atoms with Crippen molar-refractivity contribution in [3.05, 3.63) is 18.3 Å². The molecule has 5 heteroatoms. The minimum Gasteiger partial charge on any atom is -0.443 e. The number of hydrogen-bond acceptors (Lipinski definition) is 3. The van der Waals surface area contributed by atoms with Crippen LogP contribution in [-0.2, 0) is 4.74 Å². The van der Waals surface area contributed by atoms with Crippen LogP contribution in [0.15, 0.2) is 18.3 Å². The molecule has 0 bridgehead atoms. The number of amides is 1. The first-order valence-corrected chi connectivity index (χ1v) is 4.13. The fraction of sp³-hybridized carbons (Fsp3) is 0.375. The summed E-state index contributed by atoms with van der Waals surface area (Å²) in [7, 11) is 0. The quantitative estimate of drug-likeness (QED) is 0.689. The van der Waals surface area contributed by atoms with Crippen molar-refractivity contribution in [3.63, 3.8) is 0 Å². The first-order valence-electron chi connectivity index (χ1n) is 4.13. The Hall–Kier alpha value is -1.49. The van der Waals surface area contributed by atoms with Gasteiger partial charge in [-0.05, 0) is 12.1 Å². The molecule has 2 rings (SSSR count). The molecule has 1 aromatic rings. The Labute approximate surface area is 75.5 Å². The third kappa shape index (κ3) is 1.38. The summed E-state index contributed by atoms with van der Waals surface area (Å²) in [6.45, 7) is 0.888. The zero-order chi connectivity index (χ0) is 9.26. The van der Waals surface area contributed by atoms with Gasteiger partial charge in [0.25, 0.3) is 0 Å². The van der Waals surface area contributed by atoms with Gasteiger partial charge in [0.05, 0.1) is 6.54 Å². The number of cyclic esters (lactones) is 1. The number of carbonyl (C=O) groups excluding carboxylic acids is 1. The van der Waals surface area contributed by atoms with Crippen LogP contribution in [0.5, 0.6) is 0 Å². The van der Waals surface area contributed by atoms with Crippen LogP contribution in [0.25, 0.3) is 0 Å². The molecule has 0 aliphatic carbocycles. The Morgan fingerprint density at radius 1 is 1.77 bits per heavy atom. The van der Waals surface area contributed by atoms with Crippen LogP contribution in [0.2, 0.25) is 0 Å². The highest BCUT2D eigenvalue weighted by atomic mass is 16.6. The van der Waals surface area contributed by atoms with E-state index in [4.69, 9.17) is 10.5 Å². The number of ether oxygens (including phenoxy) is 1. The van der Waals surface area contributed by atoms with Crippen LogP contribution in [0, 0.1) is 0 Å². The van der Waals surface area contributed by atoms with Gasteiger partial charge >= 0.3 is 6.09 Å². The number of aromatic amines is 1. The van der Waals surface area contributed by atoms with E-state index in [0.29, 0.717) is 13.1 Å². The minimum absolute atomic E-state index is 0.184. The lowest BCUT2D eigenvalue weighted by molar-refractivity contribution is 0.145. The van der Waals surface area contributed by atoms with Crippen LogP contribution >= 0.6 is 0 Å². The lowest BCUT2D eigenvalue weighted by atomic mass is 10.3. The van der Waals surface area contributed by atoms with Crippen molar-refractivity contribution in [1.82, 2.24) is 4.98 Å². The number of H-pyrrole nitrogens is 1. The number of nitrogens with zero attached hydrogens (tertiary/aromatic N) is 1. The van der Waals surface area contributed by atoms with Gasteiger partial charge < -0.3 is 15.5 Å². The largest absolute Gasteiger partial charge is 0.443 e. The Balaban J connectivity index is 2.14. The second kappa shape index (κ2) is 3.10. The zero-order valence-corrected chi connectivity index (χ0v) is 7.06. The smallest absolute Gasteiger partial charge is 0.415 e. The molecule has 1 unspecified atom stereocenters. The van der Waals surface area contributed by atoms with Crippen LogP contribution in [0.4, 0.5) is 10.6 Å². The molecule has 1 saturated heterocycles. The van der Waals surface area contributed by atoms with E-state index in [-0.39, 0.29) is 12.2 Å². The molecular formula is C8H11N3O2. The number of nitrogens with two attached hydrogens (primary N) is 1. The molecule has 5 nitrogen and oxygen atoms in total. The maximum atomic E-state index is 11.3. The van der Waals surface area contributed by atoms with E-state index in [0.717, 1.165) is 5.82 Å². The molecule has 2 heterocycles. The molecule has 1 amide bonds. The fourth-order valence-corrected chi connectivity index (χ4v) is 1.33. The maximum Gasteiger partial charge on any atom is 0.415 e. The van der Waals surface area contributed by atoms with Gasteiger partial charge in [-0.3, -0.25) is 4.90 Å². The summed E-state index contributed by atoms with van der Waals surface area (Å²) in [6, 6.07) is 3.65. The number of aromatic nitrogens is 1. The predicted molar refractivity (Wildman–Crippen MR) is 47.5 cm³/mol. The first-order chi connectivity index (χ1) is 6.31. The summed E-state index contributed by atoms with van der Waals surface area (Å²) in [5, 5.41) is 0. The third-order valence-corrected chi connectivity index (χ3v) is 2.01. The Morgan fingerprint density at radius 3 is 3.15 bits per heavy atom. The maximum absolute atomic E-state index is 11.3. The molecule has 1 atom stereocenters. The molecule has 1 aromatic heterocycles. The van der Waals surface area contributed by atoms with Gasteiger partial charge in [-0.2, -0.15) is 0 Å². The van der Waals surface area contributed by atoms with Gasteiger partial charge in [0.15, 0.2) is 0 Å². The molecule has 13 heavy (non-hydrogen) atoms. The molecule has 0 aromatic carbocycles. The third-order valence-electron chi connectivity index (χ3n) is 2.01. The fourth-order valence-electron chi connectivity index (χ4n) is 1.33. The van der Waals surface area contributed by atoms with Gasteiger partial charge in [-0.15, -0.1) is 0 Å². The van der Waals surface area contributed by atoms with Crippen molar-refractivity contribution in [1.29, 1.82) is 0 Å². The molecule has 1 aliphatic heterocycles. The highest BCUT2D eigenvalue weighted by Crippen LogP contribution is 2.18. The summed E-state index contributed by atoms with van der Waals surface area (Å²) in [4.78, 5) is 15.7. The van der Waals surface area contributed by atoms with Crippen LogP contribution in [-0.4, -0.2) is 30.3 Å². The Bertz CT molecular complexity index is 296. The number of nitrogens with one attached hydrogen (secondary N) is 1. The van der Waals surface area contributed by atoms with Crippen molar-refractivity contribution in [2.24, 2.45) is 5.73 Å². The van der Waals surface area contributed by atoms with E-state index in [1.165, 1.54) is 4.90 Å². The van der Waals surface area contributed by atoms with E-state index in [2.05, 4.69) is 4.98 Å². The predicted octanol–water partition coefficient (Wildman–Crippen LogP) is 0.299. The van der Waals surface area contributed by atoms with E-state index in [1.54, 1.807) is 6.20 Å². The standard InChI is InChI=1S/C8H11N3O2/c9-4-6-5-11(8(12)13-6)7-2-1-3-10-7/h1-3,6,10H,4-5,9H2. The molecule has 3 N–H and O–H groups in total. The molecule has 70 valence electrons. The van der Waals surface area contributed by atoms with Crippen LogP contribution < -0.4 is 10.6 Å². The van der Waals surface area contributed by atoms with Gasteiger partial charge in [0.1, 0.15) is 11.9 Å². The molecule has 1 fully saturated rings. The topological polar surface area (TPSA) is 71.3 Å². The van der Waals surface area contributed by atoms with Crippen molar-refractivity contribution in [2.45, 2.75) is 6.10 Å². The lowest BCUT2D eigenvalue weighted by Gasteiger charge is -2.08. The number of anilines is 1. The van der Waals surface area contributed by atoms with Crippen molar-refractivity contribution in [2.75, 3.05) is 18.0 Å². The number of carbonyl (C=O) groups is 1. The zero-order valence-electron chi connectivity index (χ0n) is 7.06. The van der Waals surface area contributed by atoms with E-state index < -0.39 is 0 Å². The van der Waals surface area contributed by atoms with Gasteiger partial charge in [-0.25, -0.2) is 4.79 Å². The van der Waals surface area contributed by atoms with Gasteiger partial charge in [0, 0.05) is 12.7 Å². The Kier molecular flexibility index (Phi) is 1.94. The monoisotopic (exact) mass is 181 g/mol. The molecular weight excluding hydrogens is 170 g/mol. The second-order valence-electron chi connectivity index (χ2n) is 2.91. The first kappa shape index (κ1) is 8.12. The minimum atomic E-state index is -0.335. The van der Waals surface area contributed by atoms with Crippen LogP contribution in [0.1, 0.15) is 0 Å². The van der Waals surface area contributed by atoms with E-state index in [9.17, 15) is 4.79 Å². The summed E-state index contributed by atoms with van der Waals surface area (Å²) in [5.41, 5.74) is 5.40. The summed E-state index contributed by atoms with van der Waals surface area (Å²) < 4.78 is 4.99. The number of rotatable bonds is 2. The highest BCUT2D eigenvalue weighted by molar-refractivity contribution is 5.88. The lowest BCUT2D eigenvalue weighted by Crippen LogP contribution is -2.27. The van der Waals surface area contributed by atoms with Gasteiger partial charge in [-0.1, -0.05) is 0 Å². The normalized spacial score (nSPS) is 22.1. The van der Waals surface area contributed by atoms with Crippen LogP contribution in [0.3, 0.4) is 0 Å². The van der Waals surface area contributed by atoms with Crippen molar-refractivity contribution < 1.29 is 9.53 Å². The highest BCUT2D eigenvalue weighted by Gasteiger charge is 2.31.